The number of rotatable bonds is 6. The van der Waals surface area contributed by atoms with Gasteiger partial charge in [0.2, 0.25) is 0 Å². The maximum atomic E-state index is 10.6. The van der Waals surface area contributed by atoms with Crippen molar-refractivity contribution in [2.45, 2.75) is 19.8 Å². The Kier molecular flexibility index (Phi) is 5.02. The molecule has 1 N–H and O–H groups in total. The Morgan fingerprint density at radius 3 is 2.76 bits per heavy atom. The second-order valence-corrected chi connectivity index (χ2v) is 3.71. The van der Waals surface area contributed by atoms with Crippen LogP contribution in [0.3, 0.4) is 0 Å². The van der Waals surface area contributed by atoms with Crippen LogP contribution in [0, 0.1) is 11.3 Å². The van der Waals surface area contributed by atoms with Crippen LogP contribution in [0.15, 0.2) is 24.3 Å². The van der Waals surface area contributed by atoms with E-state index in [0.29, 0.717) is 6.54 Å². The first-order chi connectivity index (χ1) is 8.19. The molecule has 0 amide bonds. The van der Waals surface area contributed by atoms with Crippen molar-refractivity contribution in [3.8, 4) is 6.07 Å². The first-order valence-electron chi connectivity index (χ1n) is 5.60. The van der Waals surface area contributed by atoms with Gasteiger partial charge in [-0.15, -0.1) is 0 Å². The fourth-order valence-electron chi connectivity index (χ4n) is 1.72. The molecule has 0 saturated heterocycles. The van der Waals surface area contributed by atoms with Crippen molar-refractivity contribution in [2.24, 2.45) is 0 Å². The van der Waals surface area contributed by atoms with E-state index >= 15 is 0 Å². The third kappa shape index (κ3) is 3.80. The summed E-state index contributed by atoms with van der Waals surface area (Å²) in [5, 5.41) is 17.5. The molecule has 0 aliphatic rings. The van der Waals surface area contributed by atoms with Gasteiger partial charge in [0, 0.05) is 12.2 Å². The summed E-state index contributed by atoms with van der Waals surface area (Å²) in [7, 11) is 0. The molecule has 4 heteroatoms. The Balaban J connectivity index is 2.88. The number of nitriles is 1. The normalized spacial score (nSPS) is 9.65. The Bertz CT molecular complexity index is 424. The van der Waals surface area contributed by atoms with Crippen molar-refractivity contribution in [1.82, 2.24) is 0 Å². The molecular weight excluding hydrogens is 216 g/mol. The summed E-state index contributed by atoms with van der Waals surface area (Å²) in [4.78, 5) is 12.4. The Morgan fingerprint density at radius 2 is 2.18 bits per heavy atom. The molecule has 1 rings (SSSR count). The highest BCUT2D eigenvalue weighted by molar-refractivity contribution is 5.68. The largest absolute Gasteiger partial charge is 0.481 e. The molecule has 0 unspecified atom stereocenters. The molecule has 0 bridgehead atoms. The molecule has 0 fully saturated rings. The third-order valence-corrected chi connectivity index (χ3v) is 2.57. The lowest BCUT2D eigenvalue weighted by molar-refractivity contribution is -0.136. The molecule has 0 aliphatic heterocycles. The molecule has 0 radical (unpaired) electrons. The van der Waals surface area contributed by atoms with Gasteiger partial charge in [-0.3, -0.25) is 4.79 Å². The van der Waals surface area contributed by atoms with Crippen LogP contribution >= 0.6 is 0 Å². The smallest absolute Gasteiger partial charge is 0.305 e. The van der Waals surface area contributed by atoms with Crippen LogP contribution in [0.2, 0.25) is 0 Å². The molecule has 1 aromatic carbocycles. The first kappa shape index (κ1) is 13.0. The molecule has 0 heterocycles. The number of carbonyl (C=O) groups is 1. The van der Waals surface area contributed by atoms with E-state index in [4.69, 9.17) is 10.4 Å². The second kappa shape index (κ2) is 6.54. The van der Waals surface area contributed by atoms with Crippen molar-refractivity contribution < 1.29 is 9.90 Å². The quantitative estimate of drug-likeness (QED) is 0.762. The summed E-state index contributed by atoms with van der Waals surface area (Å²) in [5.41, 5.74) is 2.09. The predicted molar refractivity (Wildman–Crippen MR) is 65.9 cm³/mol. The van der Waals surface area contributed by atoms with E-state index in [0.717, 1.165) is 17.7 Å². The highest BCUT2D eigenvalue weighted by atomic mass is 16.4. The predicted octanol–water partition coefficient (Wildman–Crippen LogP) is 2.05. The average Bonchev–Trinajstić information content (AvgIpc) is 2.34. The molecule has 0 saturated carbocycles. The minimum absolute atomic E-state index is 0.0414. The van der Waals surface area contributed by atoms with E-state index in [2.05, 4.69) is 6.07 Å². The lowest BCUT2D eigenvalue weighted by Gasteiger charge is -2.23. The van der Waals surface area contributed by atoms with Crippen LogP contribution in [0.5, 0.6) is 0 Å². The number of hydrogen-bond donors (Lipinski definition) is 1. The third-order valence-electron chi connectivity index (χ3n) is 2.57. The molecule has 17 heavy (non-hydrogen) atoms. The van der Waals surface area contributed by atoms with E-state index < -0.39 is 5.97 Å². The Labute approximate surface area is 101 Å². The van der Waals surface area contributed by atoms with Crippen molar-refractivity contribution in [3.05, 3.63) is 29.8 Å². The highest BCUT2D eigenvalue weighted by Crippen LogP contribution is 2.20. The zero-order valence-electron chi connectivity index (χ0n) is 9.89. The molecule has 4 nitrogen and oxygen atoms in total. The van der Waals surface area contributed by atoms with Gasteiger partial charge in [0.15, 0.2) is 0 Å². The van der Waals surface area contributed by atoms with E-state index in [9.17, 15) is 4.79 Å². The Morgan fingerprint density at radius 1 is 1.47 bits per heavy atom. The molecule has 0 aliphatic carbocycles. The fraction of sp³-hybridized carbons (Fsp3) is 0.385. The molecular formula is C13H16N2O2. The van der Waals surface area contributed by atoms with Crippen molar-refractivity contribution >= 4 is 11.7 Å². The number of carboxylic acid groups (broad SMARTS) is 1. The summed E-state index contributed by atoms with van der Waals surface area (Å²) >= 11 is 0. The Hall–Kier alpha value is -2.02. The van der Waals surface area contributed by atoms with Gasteiger partial charge >= 0.3 is 5.97 Å². The molecule has 0 atom stereocenters. The van der Waals surface area contributed by atoms with Crippen LogP contribution < -0.4 is 4.90 Å². The summed E-state index contributed by atoms with van der Waals surface area (Å²) in [6, 6.07) is 9.85. The number of aliphatic carboxylic acids is 1. The van der Waals surface area contributed by atoms with Crippen molar-refractivity contribution in [2.75, 3.05) is 18.0 Å². The van der Waals surface area contributed by atoms with Crippen molar-refractivity contribution in [3.63, 3.8) is 0 Å². The lowest BCUT2D eigenvalue weighted by atomic mass is 10.1. The zero-order chi connectivity index (χ0) is 12.7. The van der Waals surface area contributed by atoms with E-state index in [1.54, 1.807) is 0 Å². The summed E-state index contributed by atoms with van der Waals surface area (Å²) in [6.07, 6.45) is 0.908. The maximum absolute atomic E-state index is 10.6. The van der Waals surface area contributed by atoms with Gasteiger partial charge < -0.3 is 10.0 Å². The number of nitrogens with zero attached hydrogens (tertiary/aromatic N) is 2. The summed E-state index contributed by atoms with van der Waals surface area (Å²) in [5.74, 6) is -0.845. The monoisotopic (exact) mass is 232 g/mol. The number of para-hydroxylation sites is 1. The minimum atomic E-state index is -0.845. The van der Waals surface area contributed by atoms with Crippen LogP contribution in [-0.2, 0) is 11.2 Å². The van der Waals surface area contributed by atoms with Crippen LogP contribution in [0.1, 0.15) is 18.9 Å². The molecule has 0 aromatic heterocycles. The maximum Gasteiger partial charge on any atom is 0.305 e. The van der Waals surface area contributed by atoms with Gasteiger partial charge in [0.05, 0.1) is 12.5 Å². The van der Waals surface area contributed by atoms with Crippen molar-refractivity contribution in [1.29, 1.82) is 5.26 Å². The summed E-state index contributed by atoms with van der Waals surface area (Å²) in [6.45, 7) is 2.62. The van der Waals surface area contributed by atoms with E-state index in [1.807, 2.05) is 36.1 Å². The SMILES string of the molecule is CCc1ccccc1N(CC#N)CCC(=O)O. The summed E-state index contributed by atoms with van der Waals surface area (Å²) < 4.78 is 0. The van der Waals surface area contributed by atoms with Gasteiger partial charge in [0.1, 0.15) is 6.54 Å². The van der Waals surface area contributed by atoms with E-state index in [1.165, 1.54) is 0 Å². The second-order valence-electron chi connectivity index (χ2n) is 3.71. The number of benzene rings is 1. The fourth-order valence-corrected chi connectivity index (χ4v) is 1.72. The van der Waals surface area contributed by atoms with Gasteiger partial charge in [-0.1, -0.05) is 25.1 Å². The molecule has 0 spiro atoms. The van der Waals surface area contributed by atoms with Gasteiger partial charge in [-0.05, 0) is 18.1 Å². The molecule has 90 valence electrons. The van der Waals surface area contributed by atoms with Gasteiger partial charge in [0.25, 0.3) is 0 Å². The number of anilines is 1. The van der Waals surface area contributed by atoms with Gasteiger partial charge in [-0.25, -0.2) is 0 Å². The van der Waals surface area contributed by atoms with Crippen LogP contribution in [0.4, 0.5) is 5.69 Å². The highest BCUT2D eigenvalue weighted by Gasteiger charge is 2.11. The topological polar surface area (TPSA) is 64.3 Å². The van der Waals surface area contributed by atoms with E-state index in [-0.39, 0.29) is 13.0 Å². The van der Waals surface area contributed by atoms with Crippen LogP contribution in [0.25, 0.3) is 0 Å². The number of carboxylic acids is 1. The molecule has 1 aromatic rings. The lowest BCUT2D eigenvalue weighted by Crippen LogP contribution is -2.27. The number of aryl methyl sites for hydroxylation is 1. The standard InChI is InChI=1S/C13H16N2O2/c1-2-11-5-3-4-6-12(11)15(10-8-14)9-7-13(16)17/h3-6H,2,7,9-10H2,1H3,(H,16,17). The zero-order valence-corrected chi connectivity index (χ0v) is 9.89. The van der Waals surface area contributed by atoms with Crippen LogP contribution in [-0.4, -0.2) is 24.2 Å². The minimum Gasteiger partial charge on any atom is -0.481 e. The average molecular weight is 232 g/mol. The number of hydrogen-bond acceptors (Lipinski definition) is 3. The van der Waals surface area contributed by atoms with Gasteiger partial charge in [-0.2, -0.15) is 5.26 Å². The first-order valence-corrected chi connectivity index (χ1v) is 5.60.